The van der Waals surface area contributed by atoms with Gasteiger partial charge in [-0.05, 0) is 48.7 Å². The van der Waals surface area contributed by atoms with Gasteiger partial charge in [0.1, 0.15) is 28.6 Å². The molecule has 0 aliphatic carbocycles. The van der Waals surface area contributed by atoms with Gasteiger partial charge in [-0.15, -0.1) is 0 Å². The van der Waals surface area contributed by atoms with Gasteiger partial charge < -0.3 is 19.9 Å². The van der Waals surface area contributed by atoms with Crippen LogP contribution in [-0.4, -0.2) is 39.3 Å². The van der Waals surface area contributed by atoms with Crippen molar-refractivity contribution in [1.82, 2.24) is 15.0 Å². The summed E-state index contributed by atoms with van der Waals surface area (Å²) >= 11 is 0. The number of nitrogen functional groups attached to an aromatic ring is 1. The first-order valence-electron chi connectivity index (χ1n) is 9.89. The number of fused-ring (bicyclic) bond motifs is 1. The van der Waals surface area contributed by atoms with E-state index in [2.05, 4.69) is 25.5 Å². The molecule has 3 N–H and O–H groups in total. The number of pyridine rings is 1. The average Bonchev–Trinajstić information content (AvgIpc) is 2.78. The first-order chi connectivity index (χ1) is 16.1. The van der Waals surface area contributed by atoms with E-state index in [9.17, 15) is 13.0 Å². The summed E-state index contributed by atoms with van der Waals surface area (Å²) in [6.07, 6.45) is 1.56. The van der Waals surface area contributed by atoms with Gasteiger partial charge in [-0.3, -0.25) is 0 Å². The molecule has 0 bridgehead atoms. The molecule has 0 fully saturated rings. The lowest BCUT2D eigenvalue weighted by atomic mass is 10.0. The lowest BCUT2D eigenvalue weighted by Crippen LogP contribution is -2.15. The molecule has 1 unspecified atom stereocenters. The second-order valence-corrected chi connectivity index (χ2v) is 9.37. The van der Waals surface area contributed by atoms with Gasteiger partial charge in [-0.1, -0.05) is 0 Å². The van der Waals surface area contributed by atoms with Crippen molar-refractivity contribution in [3.8, 4) is 22.8 Å². The predicted octanol–water partition coefficient (Wildman–Crippen LogP) is 3.98. The number of aromatic nitrogens is 3. The SMILES string of the molecule is C=S(=O)(Nc1cc(-c2cc(OC)c3nc(N)nc(C)c3c2)cnc1OC)c1ccc(F)cc1F. The highest BCUT2D eigenvalue weighted by Gasteiger charge is 2.18. The topological polar surface area (TPSA) is 112 Å². The van der Waals surface area contributed by atoms with Gasteiger partial charge in [-0.25, -0.2) is 27.9 Å². The molecule has 0 aliphatic rings. The molecule has 4 rings (SSSR count). The van der Waals surface area contributed by atoms with Crippen LogP contribution >= 0.6 is 0 Å². The van der Waals surface area contributed by atoms with Gasteiger partial charge in [0, 0.05) is 23.2 Å². The molecular formula is C23H21F2N5O3S. The van der Waals surface area contributed by atoms with E-state index in [-0.39, 0.29) is 22.4 Å². The highest BCUT2D eigenvalue weighted by Crippen LogP contribution is 2.36. The van der Waals surface area contributed by atoms with Crippen LogP contribution in [0.5, 0.6) is 11.6 Å². The van der Waals surface area contributed by atoms with Crippen molar-refractivity contribution >= 4 is 38.1 Å². The van der Waals surface area contributed by atoms with Crippen LogP contribution < -0.4 is 19.9 Å². The summed E-state index contributed by atoms with van der Waals surface area (Å²) in [5.41, 5.74) is 8.51. The van der Waals surface area contributed by atoms with Crippen molar-refractivity contribution in [3.63, 3.8) is 0 Å². The molecule has 11 heteroatoms. The number of hydrogen-bond acceptors (Lipinski definition) is 7. The van der Waals surface area contributed by atoms with Gasteiger partial charge in [0.15, 0.2) is 0 Å². The zero-order valence-corrected chi connectivity index (χ0v) is 19.4. The Balaban J connectivity index is 1.83. The van der Waals surface area contributed by atoms with Crippen molar-refractivity contribution in [2.75, 3.05) is 24.7 Å². The minimum Gasteiger partial charge on any atom is -0.494 e. The number of rotatable bonds is 6. The number of nitrogens with one attached hydrogen (secondary N) is 1. The number of hydrogen-bond donors (Lipinski definition) is 2. The van der Waals surface area contributed by atoms with E-state index in [1.165, 1.54) is 14.2 Å². The molecule has 2 heterocycles. The summed E-state index contributed by atoms with van der Waals surface area (Å²) < 4.78 is 54.3. The molecular weight excluding hydrogens is 464 g/mol. The second kappa shape index (κ2) is 8.75. The maximum Gasteiger partial charge on any atom is 0.238 e. The molecule has 0 radical (unpaired) electrons. The Bertz CT molecular complexity index is 1530. The van der Waals surface area contributed by atoms with Crippen molar-refractivity contribution in [1.29, 1.82) is 0 Å². The molecule has 0 spiro atoms. The second-order valence-electron chi connectivity index (χ2n) is 7.37. The number of aryl methyl sites for hydroxylation is 1. The van der Waals surface area contributed by atoms with E-state index >= 15 is 0 Å². The summed E-state index contributed by atoms with van der Waals surface area (Å²) in [5, 5.41) is 0.725. The molecule has 34 heavy (non-hydrogen) atoms. The van der Waals surface area contributed by atoms with Gasteiger partial charge in [0.2, 0.25) is 11.8 Å². The number of benzene rings is 2. The quantitative estimate of drug-likeness (QED) is 0.397. The van der Waals surface area contributed by atoms with Crippen LogP contribution in [0.2, 0.25) is 0 Å². The highest BCUT2D eigenvalue weighted by molar-refractivity contribution is 8.01. The molecule has 0 saturated carbocycles. The number of nitrogens with zero attached hydrogens (tertiary/aromatic N) is 3. The molecule has 176 valence electrons. The Morgan fingerprint density at radius 1 is 1.06 bits per heavy atom. The van der Waals surface area contributed by atoms with Crippen LogP contribution in [0.25, 0.3) is 22.0 Å². The van der Waals surface area contributed by atoms with Crippen molar-refractivity contribution < 1.29 is 22.5 Å². The minimum atomic E-state index is -3.42. The van der Waals surface area contributed by atoms with E-state index in [4.69, 9.17) is 15.2 Å². The standard InChI is InChI=1S/C23H21F2N5O3S/c1-12-16-7-13(9-19(32-2)21(16)29-23(26)28-12)14-8-18(22(33-3)27-11-14)30-34(4,31)20-6-5-15(24)10-17(20)25/h5-11H,4H2,1-3H3,(H,30,31)(H2,26,28,29). The fraction of sp³-hybridized carbons (Fsp3) is 0.130. The zero-order chi connectivity index (χ0) is 24.6. The molecule has 0 amide bonds. The number of methoxy groups -OCH3 is 2. The van der Waals surface area contributed by atoms with Crippen LogP contribution in [0.3, 0.4) is 0 Å². The molecule has 8 nitrogen and oxygen atoms in total. The summed E-state index contributed by atoms with van der Waals surface area (Å²) in [6.45, 7) is 1.80. The van der Waals surface area contributed by atoms with Gasteiger partial charge >= 0.3 is 0 Å². The Kier molecular flexibility index (Phi) is 5.96. The van der Waals surface area contributed by atoms with Crippen LogP contribution in [0.1, 0.15) is 5.69 Å². The number of nitrogens with two attached hydrogens (primary N) is 1. The average molecular weight is 486 g/mol. The number of anilines is 2. The number of ether oxygens (including phenoxy) is 2. The lowest BCUT2D eigenvalue weighted by Gasteiger charge is -2.17. The van der Waals surface area contributed by atoms with Crippen molar-refractivity contribution in [3.05, 3.63) is 59.9 Å². The first-order valence-corrected chi connectivity index (χ1v) is 11.6. The van der Waals surface area contributed by atoms with Crippen LogP contribution in [-0.2, 0) is 9.71 Å². The summed E-state index contributed by atoms with van der Waals surface area (Å²) in [6, 6.07) is 7.97. The molecule has 2 aromatic carbocycles. The van der Waals surface area contributed by atoms with E-state index in [0.717, 1.165) is 17.5 Å². The van der Waals surface area contributed by atoms with Crippen molar-refractivity contribution in [2.45, 2.75) is 11.8 Å². The molecule has 1 atom stereocenters. The molecule has 4 aromatic rings. The Hall–Kier alpha value is -3.99. The summed E-state index contributed by atoms with van der Waals surface area (Å²) in [5.74, 6) is 2.57. The largest absolute Gasteiger partial charge is 0.494 e. The van der Waals surface area contributed by atoms with E-state index in [1.807, 2.05) is 6.07 Å². The van der Waals surface area contributed by atoms with Crippen LogP contribution in [0.15, 0.2) is 47.5 Å². The maximum absolute atomic E-state index is 14.3. The van der Waals surface area contributed by atoms with Crippen molar-refractivity contribution in [2.24, 2.45) is 0 Å². The van der Waals surface area contributed by atoms with Gasteiger partial charge in [0.05, 0.1) is 34.5 Å². The highest BCUT2D eigenvalue weighted by atomic mass is 32.2. The fourth-order valence-electron chi connectivity index (χ4n) is 3.51. The summed E-state index contributed by atoms with van der Waals surface area (Å²) in [4.78, 5) is 12.5. The van der Waals surface area contributed by atoms with Gasteiger partial charge in [-0.2, -0.15) is 0 Å². The van der Waals surface area contributed by atoms with E-state index < -0.39 is 21.3 Å². The molecule has 0 saturated heterocycles. The van der Waals surface area contributed by atoms with E-state index in [0.29, 0.717) is 34.2 Å². The smallest absolute Gasteiger partial charge is 0.238 e. The molecule has 2 aromatic heterocycles. The predicted molar refractivity (Wildman–Crippen MR) is 129 cm³/mol. The van der Waals surface area contributed by atoms with Crippen LogP contribution in [0, 0.1) is 18.6 Å². The normalized spacial score (nSPS) is 12.9. The Morgan fingerprint density at radius 3 is 2.50 bits per heavy atom. The zero-order valence-electron chi connectivity index (χ0n) is 18.6. The summed E-state index contributed by atoms with van der Waals surface area (Å²) in [7, 11) is -0.517. The van der Waals surface area contributed by atoms with Gasteiger partial charge in [0.25, 0.3) is 0 Å². The fourth-order valence-corrected chi connectivity index (χ4v) is 4.79. The lowest BCUT2D eigenvalue weighted by molar-refractivity contribution is 0.400. The Labute approximate surface area is 194 Å². The minimum absolute atomic E-state index is 0.114. The first kappa shape index (κ1) is 23.2. The van der Waals surface area contributed by atoms with E-state index in [1.54, 1.807) is 25.3 Å². The third-order valence-corrected chi connectivity index (χ3v) is 6.69. The Morgan fingerprint density at radius 2 is 1.82 bits per heavy atom. The van der Waals surface area contributed by atoms with Crippen LogP contribution in [0.4, 0.5) is 20.4 Å². The third kappa shape index (κ3) is 4.29. The number of halogens is 2. The molecule has 0 aliphatic heterocycles. The third-order valence-electron chi connectivity index (χ3n) is 5.10. The monoisotopic (exact) mass is 485 g/mol. The maximum atomic E-state index is 14.3.